The van der Waals surface area contributed by atoms with Crippen molar-refractivity contribution >= 4 is 5.69 Å². The highest BCUT2D eigenvalue weighted by Crippen LogP contribution is 2.48. The van der Waals surface area contributed by atoms with Crippen molar-refractivity contribution in [3.05, 3.63) is 29.6 Å². The number of benzene rings is 1. The number of halogens is 1. The van der Waals surface area contributed by atoms with Crippen LogP contribution in [0, 0.1) is 5.82 Å². The van der Waals surface area contributed by atoms with E-state index in [1.807, 2.05) is 0 Å². The van der Waals surface area contributed by atoms with Gasteiger partial charge in [-0.25, -0.2) is 4.39 Å². The normalized spacial score (nSPS) is 18.0. The minimum atomic E-state index is -0.776. The third-order valence-corrected chi connectivity index (χ3v) is 2.66. The number of aliphatic hydroxyl groups is 1. The molecular formula is C11H14FNO. The first-order valence-corrected chi connectivity index (χ1v) is 4.73. The minimum absolute atomic E-state index is 0.271. The number of hydrogen-bond acceptors (Lipinski definition) is 2. The lowest BCUT2D eigenvalue weighted by atomic mass is 10.0. The number of hydrogen-bond donors (Lipinski definition) is 1. The third kappa shape index (κ3) is 1.38. The summed E-state index contributed by atoms with van der Waals surface area (Å²) >= 11 is 0. The van der Waals surface area contributed by atoms with Gasteiger partial charge in [0, 0.05) is 19.7 Å². The average Bonchev–Trinajstić information content (AvgIpc) is 2.84. The first-order valence-electron chi connectivity index (χ1n) is 4.73. The van der Waals surface area contributed by atoms with E-state index in [9.17, 15) is 9.50 Å². The molecule has 0 aliphatic heterocycles. The number of rotatable bonds is 2. The summed E-state index contributed by atoms with van der Waals surface area (Å²) in [5, 5.41) is 9.96. The van der Waals surface area contributed by atoms with Gasteiger partial charge in [-0.3, -0.25) is 0 Å². The molecule has 0 bridgehead atoms. The van der Waals surface area contributed by atoms with Gasteiger partial charge in [-0.05, 0) is 18.9 Å². The fraction of sp³-hybridized carbons (Fsp3) is 0.455. The summed E-state index contributed by atoms with van der Waals surface area (Å²) in [6, 6.07) is 4.87. The van der Waals surface area contributed by atoms with Crippen molar-refractivity contribution < 1.29 is 9.50 Å². The Balaban J connectivity index is 2.53. The van der Waals surface area contributed by atoms with Gasteiger partial charge in [-0.1, -0.05) is 12.1 Å². The van der Waals surface area contributed by atoms with E-state index < -0.39 is 5.60 Å². The summed E-state index contributed by atoms with van der Waals surface area (Å²) in [5.74, 6) is -0.271. The third-order valence-electron chi connectivity index (χ3n) is 2.66. The highest BCUT2D eigenvalue weighted by molar-refractivity contribution is 5.57. The van der Waals surface area contributed by atoms with Gasteiger partial charge in [-0.15, -0.1) is 0 Å². The van der Waals surface area contributed by atoms with Crippen molar-refractivity contribution in [3.63, 3.8) is 0 Å². The molecule has 1 aromatic rings. The molecule has 76 valence electrons. The lowest BCUT2D eigenvalue weighted by molar-refractivity contribution is 0.151. The lowest BCUT2D eigenvalue weighted by Crippen LogP contribution is -2.17. The van der Waals surface area contributed by atoms with Crippen LogP contribution >= 0.6 is 0 Å². The Bertz CT molecular complexity index is 358. The van der Waals surface area contributed by atoms with Gasteiger partial charge in [0.15, 0.2) is 0 Å². The maximum absolute atomic E-state index is 13.5. The highest BCUT2D eigenvalue weighted by atomic mass is 19.1. The van der Waals surface area contributed by atoms with Gasteiger partial charge in [-0.2, -0.15) is 0 Å². The zero-order chi connectivity index (χ0) is 10.3. The van der Waals surface area contributed by atoms with Crippen LogP contribution in [0.5, 0.6) is 0 Å². The van der Waals surface area contributed by atoms with Gasteiger partial charge in [0.1, 0.15) is 5.82 Å². The maximum atomic E-state index is 13.5. The van der Waals surface area contributed by atoms with E-state index >= 15 is 0 Å². The lowest BCUT2D eigenvalue weighted by Gasteiger charge is -2.21. The van der Waals surface area contributed by atoms with Gasteiger partial charge in [0.2, 0.25) is 0 Å². The zero-order valence-corrected chi connectivity index (χ0v) is 8.42. The van der Waals surface area contributed by atoms with Crippen LogP contribution in [-0.4, -0.2) is 19.2 Å². The number of para-hydroxylation sites is 1. The van der Waals surface area contributed by atoms with E-state index in [0.29, 0.717) is 11.3 Å². The van der Waals surface area contributed by atoms with Crippen molar-refractivity contribution in [3.8, 4) is 0 Å². The van der Waals surface area contributed by atoms with Crippen molar-refractivity contribution in [2.75, 3.05) is 19.0 Å². The SMILES string of the molecule is CN(C)c1c(F)cccc1C1(O)CC1. The summed E-state index contributed by atoms with van der Waals surface area (Å²) < 4.78 is 13.5. The molecule has 2 rings (SSSR count). The van der Waals surface area contributed by atoms with Crippen LogP contribution in [0.2, 0.25) is 0 Å². The second-order valence-corrected chi connectivity index (χ2v) is 4.06. The summed E-state index contributed by atoms with van der Waals surface area (Å²) in [7, 11) is 3.57. The second kappa shape index (κ2) is 2.95. The minimum Gasteiger partial charge on any atom is -0.385 e. The molecule has 0 spiro atoms. The van der Waals surface area contributed by atoms with E-state index in [1.165, 1.54) is 6.07 Å². The summed E-state index contributed by atoms with van der Waals surface area (Å²) in [6.07, 6.45) is 1.47. The average molecular weight is 195 g/mol. The summed E-state index contributed by atoms with van der Waals surface area (Å²) in [5.41, 5.74) is 0.442. The Morgan fingerprint density at radius 3 is 2.50 bits per heavy atom. The first kappa shape index (κ1) is 9.46. The fourth-order valence-electron chi connectivity index (χ4n) is 1.73. The maximum Gasteiger partial charge on any atom is 0.146 e. The highest BCUT2D eigenvalue weighted by Gasteiger charge is 2.44. The molecule has 0 radical (unpaired) electrons. The molecule has 14 heavy (non-hydrogen) atoms. The molecule has 2 nitrogen and oxygen atoms in total. The molecule has 1 aliphatic rings. The van der Waals surface area contributed by atoms with E-state index in [4.69, 9.17) is 0 Å². The number of anilines is 1. The van der Waals surface area contributed by atoms with E-state index in [1.54, 1.807) is 31.1 Å². The van der Waals surface area contributed by atoms with Crippen LogP contribution in [0.25, 0.3) is 0 Å². The first-order chi connectivity index (χ1) is 6.54. The molecule has 0 aromatic heterocycles. The molecule has 0 unspecified atom stereocenters. The molecule has 1 fully saturated rings. The Morgan fingerprint density at radius 2 is 2.00 bits per heavy atom. The van der Waals surface area contributed by atoms with Crippen LogP contribution in [0.15, 0.2) is 18.2 Å². The quantitative estimate of drug-likeness (QED) is 0.778. The largest absolute Gasteiger partial charge is 0.385 e. The fourth-order valence-corrected chi connectivity index (χ4v) is 1.73. The zero-order valence-electron chi connectivity index (χ0n) is 8.42. The van der Waals surface area contributed by atoms with Crippen molar-refractivity contribution in [1.82, 2.24) is 0 Å². The summed E-state index contributed by atoms with van der Waals surface area (Å²) in [6.45, 7) is 0. The molecule has 1 aliphatic carbocycles. The predicted octanol–water partition coefficient (Wildman–Crippen LogP) is 1.87. The van der Waals surface area contributed by atoms with Crippen LogP contribution in [0.1, 0.15) is 18.4 Å². The molecule has 0 amide bonds. The van der Waals surface area contributed by atoms with Gasteiger partial charge >= 0.3 is 0 Å². The molecule has 0 saturated heterocycles. The molecule has 1 N–H and O–H groups in total. The summed E-state index contributed by atoms with van der Waals surface area (Å²) in [4.78, 5) is 1.71. The van der Waals surface area contributed by atoms with E-state index in [-0.39, 0.29) is 5.82 Å². The monoisotopic (exact) mass is 195 g/mol. The second-order valence-electron chi connectivity index (χ2n) is 4.06. The molecule has 3 heteroatoms. The van der Waals surface area contributed by atoms with Crippen LogP contribution in [0.3, 0.4) is 0 Å². The molecule has 1 aromatic carbocycles. The van der Waals surface area contributed by atoms with Crippen molar-refractivity contribution in [2.45, 2.75) is 18.4 Å². The number of nitrogens with zero attached hydrogens (tertiary/aromatic N) is 1. The van der Waals surface area contributed by atoms with Crippen molar-refractivity contribution in [1.29, 1.82) is 0 Å². The molecule has 0 heterocycles. The van der Waals surface area contributed by atoms with E-state index in [0.717, 1.165) is 12.8 Å². The van der Waals surface area contributed by atoms with Crippen LogP contribution in [-0.2, 0) is 5.60 Å². The smallest absolute Gasteiger partial charge is 0.146 e. The van der Waals surface area contributed by atoms with Gasteiger partial charge < -0.3 is 10.0 Å². The van der Waals surface area contributed by atoms with E-state index in [2.05, 4.69) is 0 Å². The molecule has 0 atom stereocenters. The Morgan fingerprint density at radius 1 is 1.36 bits per heavy atom. The Labute approximate surface area is 83.0 Å². The van der Waals surface area contributed by atoms with Gasteiger partial charge in [0.25, 0.3) is 0 Å². The van der Waals surface area contributed by atoms with Crippen molar-refractivity contribution in [2.24, 2.45) is 0 Å². The Hall–Kier alpha value is -1.09. The molecular weight excluding hydrogens is 181 g/mol. The standard InChI is InChI=1S/C11H14FNO/c1-13(2)10-8(11(14)6-7-11)4-3-5-9(10)12/h3-5,14H,6-7H2,1-2H3. The van der Waals surface area contributed by atoms with Crippen LogP contribution in [0.4, 0.5) is 10.1 Å². The topological polar surface area (TPSA) is 23.5 Å². The van der Waals surface area contributed by atoms with Gasteiger partial charge in [0.05, 0.1) is 11.3 Å². The van der Waals surface area contributed by atoms with Crippen LogP contribution < -0.4 is 4.90 Å². The predicted molar refractivity (Wildman–Crippen MR) is 53.9 cm³/mol. The Kier molecular flexibility index (Phi) is 2.00. The molecule has 1 saturated carbocycles.